The topological polar surface area (TPSA) is 271 Å². The van der Waals surface area contributed by atoms with Gasteiger partial charge in [-0.3, -0.25) is 0 Å². The average molecular weight is 1360 g/mol. The summed E-state index contributed by atoms with van der Waals surface area (Å²) in [5.74, 6) is 1.70. The fourth-order valence-electron chi connectivity index (χ4n) is 13.5. The van der Waals surface area contributed by atoms with Crippen molar-refractivity contribution in [1.82, 2.24) is 19.9 Å². The van der Waals surface area contributed by atoms with E-state index in [-0.39, 0.29) is 50.4 Å². The Morgan fingerprint density at radius 1 is 0.386 bits per heavy atom. The van der Waals surface area contributed by atoms with Crippen molar-refractivity contribution in [1.29, 1.82) is 0 Å². The van der Waals surface area contributed by atoms with Crippen molar-refractivity contribution in [3.05, 3.63) is 144 Å². The summed E-state index contributed by atoms with van der Waals surface area (Å²) in [7, 11) is 41.4. The van der Waals surface area contributed by atoms with Gasteiger partial charge in [0.15, 0.2) is 0 Å². The van der Waals surface area contributed by atoms with E-state index in [0.29, 0.717) is 103 Å². The molecule has 8 aliphatic rings. The molecule has 0 spiro atoms. The standard InChI is InChI=1S/C62H52B20N4O14.Cu/c87-25-45-51(89)53(91)55(93)57(99-45)97-35-11-3-7-31(23-35)49-41-17-13-37(83-41)47(29-5-1-9-33(21-29)95-27-61-59(63-61)65-69-73-77-81-79-75-71-67-61)38-14-18-42(84-38)50(32-8-4-12-36(24-32)98-58-56(94)54(92)52(90)46(26-88)100-58)44-20-16-40(86-44)48(39-15-19-43(49)85-39)30-6-2-10-34(22-30)96-28-62-60(64-62)66-70-74-78-82-80-76-72-68-62;/h1-24,45-46,51-60,87-94H,25-28H2;/q-2;+2/t45-,46-,51+,52+,53+,54+,55-,56-,57-,58-,59?,60?,61?,62?;/m1./s1. The summed E-state index contributed by atoms with van der Waals surface area (Å²) >= 11 is 0. The predicted octanol–water partition coefficient (Wildman–Crippen LogP) is -1.80. The molecule has 6 saturated heterocycles. The van der Waals surface area contributed by atoms with Crippen molar-refractivity contribution in [2.75, 3.05) is 26.4 Å². The van der Waals surface area contributed by atoms with Crippen molar-refractivity contribution >= 4 is 188 Å². The number of benzene rings is 4. The molecule has 11 heterocycles. The van der Waals surface area contributed by atoms with E-state index < -0.39 is 74.6 Å². The summed E-state index contributed by atoms with van der Waals surface area (Å²) in [5, 5.41) is 84.6. The minimum Gasteiger partial charge on any atom is -0.657 e. The minimum absolute atomic E-state index is 0. The van der Waals surface area contributed by atoms with Crippen molar-refractivity contribution in [2.24, 2.45) is 0 Å². The zero-order chi connectivity index (χ0) is 68.5. The van der Waals surface area contributed by atoms with Crippen molar-refractivity contribution in [3.8, 4) is 67.5 Å². The predicted molar refractivity (Wildman–Crippen MR) is 406 cm³/mol. The molecule has 4 aromatic carbocycles. The van der Waals surface area contributed by atoms with Crippen LogP contribution < -0.4 is 28.9 Å². The molecule has 6 fully saturated rings. The average Bonchev–Trinajstić information content (AvgIpc) is 1.64. The SMILES string of the molecule is OC[C@H]1O[C@@H](Oc2cccc(-c3c4nc(c(-c5cccc(OCC67[B][B][B][B][B][B][B][B][B]C6[B]7)c5)c5ccc([n-]5)c(-c5cccc(O[C@@H]6O[C@H](CO)[C@H](O)[C@H](O)[C@H]6O)c5)c5nc(c(-c6cccc(OCC78[B][B][B][B][B][B][B][B][B]C7[B]8)c6)c6ccc3[n-]6)C=C5)C=C4)c2)[C@H](O)[C@@H](O)[C@H]1O.[Cu+2]. The maximum absolute atomic E-state index is 11.1. The van der Waals surface area contributed by atoms with Gasteiger partial charge >= 0.3 is 17.1 Å². The Balaban J connectivity index is 0.00000866. The van der Waals surface area contributed by atoms with Gasteiger partial charge in [-0.1, -0.05) is 83.2 Å². The third-order valence-corrected chi connectivity index (χ3v) is 19.1. The molecular formula is C62H52B20CuN4O14. The van der Waals surface area contributed by atoms with Gasteiger partial charge in [0.1, 0.15) is 86.4 Å². The number of ether oxygens (including phenoxy) is 6. The Morgan fingerprint density at radius 3 is 1.05 bits per heavy atom. The quantitative estimate of drug-likeness (QED) is 0.0496. The monoisotopic (exact) mass is 1360 g/mol. The number of hydrogen-bond acceptors (Lipinski definition) is 16. The van der Waals surface area contributed by atoms with Crippen molar-refractivity contribution in [3.63, 3.8) is 0 Å². The first-order valence-electron chi connectivity index (χ1n) is 33.3. The summed E-state index contributed by atoms with van der Waals surface area (Å²) < 4.78 is 37.7. The third-order valence-electron chi connectivity index (χ3n) is 19.1. The third kappa shape index (κ3) is 15.6. The number of rotatable bonds is 16. The van der Waals surface area contributed by atoms with Crippen LogP contribution in [0.4, 0.5) is 0 Å². The number of hydrogen-bond donors (Lipinski definition) is 8. The van der Waals surface area contributed by atoms with Crippen LogP contribution in [0.1, 0.15) is 22.8 Å². The first-order chi connectivity index (χ1) is 48.8. The van der Waals surface area contributed by atoms with Crippen LogP contribution in [0, 0.1) is 0 Å². The maximum atomic E-state index is 11.1. The van der Waals surface area contributed by atoms with Gasteiger partial charge in [-0.25, -0.2) is 9.97 Å². The van der Waals surface area contributed by atoms with Crippen LogP contribution in [0.3, 0.4) is 0 Å². The van der Waals surface area contributed by atoms with E-state index >= 15 is 0 Å². The fraction of sp³-hybridized carbons (Fsp3) is 0.290. The molecular weight excluding hydrogens is 1300 g/mol. The molecule has 8 bridgehead atoms. The zero-order valence-electron chi connectivity index (χ0n) is 54.3. The van der Waals surface area contributed by atoms with E-state index in [4.69, 9.17) is 48.4 Å². The molecule has 14 atom stereocenters. The molecule has 3 aromatic heterocycles. The second-order valence-corrected chi connectivity index (χ2v) is 25.7. The fourth-order valence-corrected chi connectivity index (χ4v) is 13.5. The molecule has 8 N–H and O–H groups in total. The van der Waals surface area contributed by atoms with Gasteiger partial charge in [-0.15, -0.1) is 33.5 Å². The van der Waals surface area contributed by atoms with Gasteiger partial charge in [0, 0.05) is 113 Å². The molecule has 101 heavy (non-hydrogen) atoms. The Hall–Kier alpha value is -5.90. The van der Waals surface area contributed by atoms with Crippen LogP contribution in [-0.4, -0.2) is 281 Å². The van der Waals surface area contributed by atoms with Crippen LogP contribution in [0.15, 0.2) is 121 Å². The molecule has 18 nitrogen and oxygen atoms in total. The Bertz CT molecular complexity index is 4100. The van der Waals surface area contributed by atoms with Crippen LogP contribution >= 0.6 is 0 Å². The van der Waals surface area contributed by atoms with Crippen LogP contribution in [0.2, 0.25) is 21.9 Å². The van der Waals surface area contributed by atoms with Gasteiger partial charge in [-0.2, -0.15) is 0 Å². The molecule has 7 aromatic rings. The summed E-state index contributed by atoms with van der Waals surface area (Å²) in [5.41, 5.74) is 9.78. The molecule has 8 aliphatic heterocycles. The number of nitrogens with zero attached hydrogens (tertiary/aromatic N) is 4. The summed E-state index contributed by atoms with van der Waals surface area (Å²) in [6, 6.07) is 37.6. The Morgan fingerprint density at radius 2 is 0.703 bits per heavy atom. The number of fused-ring (bicyclic) bond motifs is 10. The van der Waals surface area contributed by atoms with Crippen LogP contribution in [0.25, 0.3) is 90.9 Å². The number of aromatic nitrogens is 4. The van der Waals surface area contributed by atoms with Gasteiger partial charge < -0.3 is 79.2 Å². The second kappa shape index (κ2) is 31.8. The second-order valence-electron chi connectivity index (χ2n) is 25.7. The number of aliphatic hydroxyl groups excluding tert-OH is 8. The smallest absolute Gasteiger partial charge is 0.657 e. The van der Waals surface area contributed by atoms with Crippen molar-refractivity contribution in [2.45, 2.75) is 83.3 Å². The van der Waals surface area contributed by atoms with Crippen molar-refractivity contribution < 1.29 is 86.3 Å². The molecule has 15 rings (SSSR count). The minimum atomic E-state index is -1.67. The normalized spacial score (nSPS) is 27.4. The molecule has 0 aliphatic carbocycles. The van der Waals surface area contributed by atoms with Gasteiger partial charge in [0.25, 0.3) is 0 Å². The van der Waals surface area contributed by atoms with Gasteiger partial charge in [-0.05, 0) is 117 Å². The van der Waals surface area contributed by atoms with E-state index in [0.717, 1.165) is 11.1 Å². The van der Waals surface area contributed by atoms with E-state index in [9.17, 15) is 40.9 Å². The maximum Gasteiger partial charge on any atom is 2.00 e. The Kier molecular flexibility index (Phi) is 22.7. The van der Waals surface area contributed by atoms with E-state index in [1.54, 1.807) is 36.4 Å². The molecule has 4 unspecified atom stereocenters. The largest absolute Gasteiger partial charge is 2.00 e. The number of aliphatic hydroxyl groups is 8. The molecule has 475 valence electrons. The van der Waals surface area contributed by atoms with Crippen LogP contribution in [-0.2, 0) is 26.5 Å². The van der Waals surface area contributed by atoms with E-state index in [2.05, 4.69) is 57.4 Å². The molecule has 39 heteroatoms. The van der Waals surface area contributed by atoms with E-state index in [1.165, 1.54) is 0 Å². The first kappa shape index (κ1) is 72.1. The summed E-state index contributed by atoms with van der Waals surface area (Å²) in [6.45, 7) is -0.525. The molecule has 21 radical (unpaired) electrons. The molecule has 0 saturated carbocycles. The summed E-state index contributed by atoms with van der Waals surface area (Å²) in [6.07, 6.45) is -7.49. The zero-order valence-corrected chi connectivity index (χ0v) is 55.2. The van der Waals surface area contributed by atoms with E-state index in [1.807, 2.05) is 194 Å². The van der Waals surface area contributed by atoms with Crippen LogP contribution in [0.5, 0.6) is 23.0 Å². The first-order valence-corrected chi connectivity index (χ1v) is 33.3. The van der Waals surface area contributed by atoms with Gasteiger partial charge in [0.2, 0.25) is 12.6 Å². The Labute approximate surface area is 612 Å². The van der Waals surface area contributed by atoms with Gasteiger partial charge in [0.05, 0.1) is 63.5 Å². The summed E-state index contributed by atoms with van der Waals surface area (Å²) in [4.78, 5) is 22.0. The molecule has 0 amide bonds.